The van der Waals surface area contributed by atoms with Crippen LogP contribution in [0.1, 0.15) is 23.2 Å². The molecule has 1 saturated heterocycles. The Kier molecular flexibility index (Phi) is 4.08. The van der Waals surface area contributed by atoms with Gasteiger partial charge in [-0.25, -0.2) is 9.97 Å². The largest absolute Gasteiger partial charge is 0.433 e. The number of aromatic nitrogens is 2. The van der Waals surface area contributed by atoms with Crippen LogP contribution >= 0.6 is 11.8 Å². The van der Waals surface area contributed by atoms with E-state index < -0.39 is 24.6 Å². The molecule has 2 rings (SSSR count). The van der Waals surface area contributed by atoms with Gasteiger partial charge in [0, 0.05) is 23.3 Å². The Balaban J connectivity index is 2.33. The average molecular weight is 280 g/mol. The first-order valence-electron chi connectivity index (χ1n) is 5.25. The van der Waals surface area contributed by atoms with E-state index in [1.54, 1.807) is 11.8 Å². The number of aliphatic hydroxyl groups is 1. The van der Waals surface area contributed by atoms with E-state index >= 15 is 0 Å². The van der Waals surface area contributed by atoms with E-state index in [1.165, 1.54) is 0 Å². The van der Waals surface area contributed by atoms with Crippen LogP contribution in [0.3, 0.4) is 0 Å². The van der Waals surface area contributed by atoms with Gasteiger partial charge >= 0.3 is 6.18 Å². The van der Waals surface area contributed by atoms with E-state index in [2.05, 4.69) is 9.97 Å². The summed E-state index contributed by atoms with van der Waals surface area (Å²) in [4.78, 5) is 7.34. The van der Waals surface area contributed by atoms with Crippen molar-refractivity contribution in [2.75, 3.05) is 18.1 Å². The lowest BCUT2D eigenvalue weighted by atomic mass is 10.2. The number of thioether (sulfide) groups is 1. The van der Waals surface area contributed by atoms with Gasteiger partial charge < -0.3 is 9.84 Å². The quantitative estimate of drug-likeness (QED) is 0.895. The molecule has 0 aliphatic carbocycles. The molecule has 8 heteroatoms. The molecule has 1 aliphatic heterocycles. The Morgan fingerprint density at radius 3 is 2.83 bits per heavy atom. The molecule has 18 heavy (non-hydrogen) atoms. The molecule has 1 aliphatic rings. The molecule has 1 unspecified atom stereocenters. The van der Waals surface area contributed by atoms with E-state index in [-0.39, 0.29) is 11.4 Å². The van der Waals surface area contributed by atoms with E-state index in [4.69, 9.17) is 9.84 Å². The molecule has 0 saturated carbocycles. The molecule has 4 nitrogen and oxygen atoms in total. The van der Waals surface area contributed by atoms with E-state index in [0.29, 0.717) is 12.4 Å². The summed E-state index contributed by atoms with van der Waals surface area (Å²) >= 11 is 1.59. The number of nitrogens with zero attached hydrogens (tertiary/aromatic N) is 2. The fraction of sp³-hybridized carbons (Fsp3) is 0.600. The van der Waals surface area contributed by atoms with Crippen LogP contribution in [0.4, 0.5) is 13.2 Å². The highest BCUT2D eigenvalue weighted by Crippen LogP contribution is 2.32. The van der Waals surface area contributed by atoms with Gasteiger partial charge in [-0.15, -0.1) is 0 Å². The highest BCUT2D eigenvalue weighted by Gasteiger charge is 2.36. The van der Waals surface area contributed by atoms with Gasteiger partial charge in [-0.1, -0.05) is 0 Å². The molecule has 2 heterocycles. The van der Waals surface area contributed by atoms with Gasteiger partial charge in [0.2, 0.25) is 0 Å². The summed E-state index contributed by atoms with van der Waals surface area (Å²) in [6.07, 6.45) is -4.11. The number of aliphatic hydroxyl groups excluding tert-OH is 1. The van der Waals surface area contributed by atoms with E-state index in [1.807, 2.05) is 0 Å². The highest BCUT2D eigenvalue weighted by atomic mass is 32.2. The Labute approximate surface area is 106 Å². The molecule has 100 valence electrons. The SMILES string of the molecule is OCc1cnc(C2CSCCO2)nc1C(F)(F)F. The standard InChI is InChI=1S/C10H11F3N2O2S/c11-10(12,13)8-6(4-16)3-14-9(15-8)7-5-18-2-1-17-7/h3,7,16H,1-2,4-5H2. The molecule has 1 aromatic rings. The molecule has 0 amide bonds. The highest BCUT2D eigenvalue weighted by molar-refractivity contribution is 7.99. The van der Waals surface area contributed by atoms with Crippen molar-refractivity contribution in [1.82, 2.24) is 9.97 Å². The second-order valence-corrected chi connectivity index (χ2v) is 4.84. The predicted molar refractivity (Wildman–Crippen MR) is 59.0 cm³/mol. The summed E-state index contributed by atoms with van der Waals surface area (Å²) in [6.45, 7) is -0.267. The molecule has 1 N–H and O–H groups in total. The van der Waals surface area contributed by atoms with Crippen molar-refractivity contribution >= 4 is 11.8 Å². The summed E-state index contributed by atoms with van der Waals surface area (Å²) < 4.78 is 43.5. The van der Waals surface area contributed by atoms with E-state index in [0.717, 1.165) is 11.9 Å². The number of halogens is 3. The maximum atomic E-state index is 12.7. The maximum absolute atomic E-state index is 12.7. The van der Waals surface area contributed by atoms with Crippen LogP contribution < -0.4 is 0 Å². The van der Waals surface area contributed by atoms with Gasteiger partial charge in [0.25, 0.3) is 0 Å². The Morgan fingerprint density at radius 2 is 2.28 bits per heavy atom. The molecule has 0 aromatic carbocycles. The fourth-order valence-corrected chi connectivity index (χ4v) is 2.41. The molecule has 0 bridgehead atoms. The molecule has 1 aromatic heterocycles. The van der Waals surface area contributed by atoms with Gasteiger partial charge in [-0.3, -0.25) is 0 Å². The molecular weight excluding hydrogens is 269 g/mol. The van der Waals surface area contributed by atoms with Gasteiger partial charge in [-0.2, -0.15) is 24.9 Å². The zero-order valence-corrected chi connectivity index (χ0v) is 10.1. The Bertz CT molecular complexity index is 422. The van der Waals surface area contributed by atoms with Crippen molar-refractivity contribution < 1.29 is 23.0 Å². The normalized spacial score (nSPS) is 21.0. The van der Waals surface area contributed by atoms with Crippen molar-refractivity contribution in [3.05, 3.63) is 23.3 Å². The maximum Gasteiger partial charge on any atom is 0.433 e. The third-order valence-corrected chi connectivity index (χ3v) is 3.42. The molecule has 1 fully saturated rings. The number of rotatable bonds is 2. The van der Waals surface area contributed by atoms with Crippen LogP contribution in [-0.2, 0) is 17.5 Å². The lowest BCUT2D eigenvalue weighted by Gasteiger charge is -2.22. The van der Waals surface area contributed by atoms with Gasteiger partial charge in [0.15, 0.2) is 11.5 Å². The molecular formula is C10H11F3N2O2S. The fourth-order valence-electron chi connectivity index (χ4n) is 1.57. The number of ether oxygens (including phenoxy) is 1. The topological polar surface area (TPSA) is 55.2 Å². The predicted octanol–water partition coefficient (Wildman–Crippen LogP) is 1.79. The third kappa shape index (κ3) is 2.93. The van der Waals surface area contributed by atoms with Crippen molar-refractivity contribution in [3.63, 3.8) is 0 Å². The minimum absolute atomic E-state index is 0.0201. The lowest BCUT2D eigenvalue weighted by molar-refractivity contribution is -0.142. The minimum atomic E-state index is -4.60. The van der Waals surface area contributed by atoms with Crippen LogP contribution in [0.5, 0.6) is 0 Å². The zero-order valence-electron chi connectivity index (χ0n) is 9.28. The molecule has 0 spiro atoms. The summed E-state index contributed by atoms with van der Waals surface area (Å²) in [7, 11) is 0. The minimum Gasteiger partial charge on any atom is -0.392 e. The van der Waals surface area contributed by atoms with Gasteiger partial charge in [0.1, 0.15) is 6.10 Å². The van der Waals surface area contributed by atoms with Crippen molar-refractivity contribution in [3.8, 4) is 0 Å². The Morgan fingerprint density at radius 1 is 1.50 bits per heavy atom. The molecule has 1 atom stereocenters. The number of alkyl halides is 3. The lowest BCUT2D eigenvalue weighted by Crippen LogP contribution is -2.21. The van der Waals surface area contributed by atoms with Crippen LogP contribution in [0, 0.1) is 0 Å². The van der Waals surface area contributed by atoms with Crippen LogP contribution in [0.25, 0.3) is 0 Å². The summed E-state index contributed by atoms with van der Waals surface area (Å²) in [6, 6.07) is 0. The van der Waals surface area contributed by atoms with Crippen LogP contribution in [0.15, 0.2) is 6.20 Å². The van der Waals surface area contributed by atoms with Gasteiger partial charge in [0.05, 0.1) is 13.2 Å². The summed E-state index contributed by atoms with van der Waals surface area (Å²) in [5.41, 5.74) is -1.41. The number of hydrogen-bond acceptors (Lipinski definition) is 5. The average Bonchev–Trinajstić information content (AvgIpc) is 2.38. The first kappa shape index (κ1) is 13.6. The first-order valence-corrected chi connectivity index (χ1v) is 6.41. The Hall–Kier alpha value is -0.860. The second-order valence-electron chi connectivity index (χ2n) is 3.69. The summed E-state index contributed by atoms with van der Waals surface area (Å²) in [5.74, 6) is 1.37. The van der Waals surface area contributed by atoms with E-state index in [9.17, 15) is 13.2 Å². The van der Waals surface area contributed by atoms with Crippen molar-refractivity contribution in [1.29, 1.82) is 0 Å². The second kappa shape index (κ2) is 5.41. The van der Waals surface area contributed by atoms with Crippen molar-refractivity contribution in [2.45, 2.75) is 18.9 Å². The van der Waals surface area contributed by atoms with Crippen LogP contribution in [0.2, 0.25) is 0 Å². The molecule has 0 radical (unpaired) electrons. The van der Waals surface area contributed by atoms with Crippen molar-refractivity contribution in [2.24, 2.45) is 0 Å². The smallest absolute Gasteiger partial charge is 0.392 e. The number of hydrogen-bond donors (Lipinski definition) is 1. The first-order chi connectivity index (χ1) is 8.52. The van der Waals surface area contributed by atoms with Crippen LogP contribution in [-0.4, -0.2) is 33.2 Å². The summed E-state index contributed by atoms with van der Waals surface area (Å²) in [5, 5.41) is 8.87. The van der Waals surface area contributed by atoms with Gasteiger partial charge in [-0.05, 0) is 0 Å². The zero-order chi connectivity index (χ0) is 13.2. The monoisotopic (exact) mass is 280 g/mol. The third-order valence-electron chi connectivity index (χ3n) is 2.43.